The van der Waals surface area contributed by atoms with Gasteiger partial charge in [0.15, 0.2) is 0 Å². The lowest BCUT2D eigenvalue weighted by Crippen LogP contribution is -2.09. The molecular weight excluding hydrogens is 182 g/mol. The summed E-state index contributed by atoms with van der Waals surface area (Å²) < 4.78 is 0. The first-order valence-corrected chi connectivity index (χ1v) is 5.99. The minimum Gasteiger partial charge on any atom is -0.289 e. The summed E-state index contributed by atoms with van der Waals surface area (Å²) in [6.07, 6.45) is 5.57. The molecule has 3 rings (SSSR count). The molecule has 0 amide bonds. The van der Waals surface area contributed by atoms with Gasteiger partial charge in [-0.2, -0.15) is 0 Å². The summed E-state index contributed by atoms with van der Waals surface area (Å²) in [5, 5.41) is 0. The summed E-state index contributed by atoms with van der Waals surface area (Å²) in [7, 11) is 0. The molecule has 2 saturated carbocycles. The van der Waals surface area contributed by atoms with Gasteiger partial charge in [0, 0.05) is 5.71 Å². The van der Waals surface area contributed by atoms with Crippen molar-refractivity contribution in [3.63, 3.8) is 0 Å². The van der Waals surface area contributed by atoms with Gasteiger partial charge in [-0.15, -0.1) is 0 Å². The number of hydrogen-bond acceptors (Lipinski definition) is 1. The second-order valence-corrected chi connectivity index (χ2v) is 4.87. The largest absolute Gasteiger partial charge is 0.289 e. The summed E-state index contributed by atoms with van der Waals surface area (Å²) in [4.78, 5) is 4.79. The predicted octanol–water partition coefficient (Wildman–Crippen LogP) is 3.45. The van der Waals surface area contributed by atoms with E-state index in [1.807, 2.05) is 0 Å². The van der Waals surface area contributed by atoms with Crippen molar-refractivity contribution in [1.29, 1.82) is 0 Å². The van der Waals surface area contributed by atoms with Crippen molar-refractivity contribution in [2.24, 2.45) is 16.8 Å². The van der Waals surface area contributed by atoms with Gasteiger partial charge in [-0.05, 0) is 43.1 Å². The smallest absolute Gasteiger partial charge is 0.0639 e. The lowest BCUT2D eigenvalue weighted by Gasteiger charge is -2.11. The second-order valence-electron chi connectivity index (χ2n) is 4.87. The summed E-state index contributed by atoms with van der Waals surface area (Å²) >= 11 is 0. The maximum Gasteiger partial charge on any atom is 0.0639 e. The van der Waals surface area contributed by atoms with Crippen LogP contribution in [0.4, 0.5) is 0 Å². The standard InChI is InChI=1S/C14H17N/c1-2-4-11(5-3-1)10-15-14-9-12-6-7-13(14)8-12/h1-5,12-13H,6-10H2. The number of nitrogens with zero attached hydrogens (tertiary/aromatic N) is 1. The molecule has 1 heteroatoms. The summed E-state index contributed by atoms with van der Waals surface area (Å²) in [5.74, 6) is 1.82. The lowest BCUT2D eigenvalue weighted by atomic mass is 9.98. The Labute approximate surface area is 91.2 Å². The van der Waals surface area contributed by atoms with Gasteiger partial charge in [-0.25, -0.2) is 0 Å². The molecule has 0 N–H and O–H groups in total. The monoisotopic (exact) mass is 199 g/mol. The van der Waals surface area contributed by atoms with Crippen LogP contribution in [-0.2, 0) is 6.54 Å². The van der Waals surface area contributed by atoms with Gasteiger partial charge in [0.05, 0.1) is 6.54 Å². The quantitative estimate of drug-likeness (QED) is 0.691. The number of aliphatic imine (C=N–C) groups is 1. The highest BCUT2D eigenvalue weighted by atomic mass is 14.8. The molecule has 2 fully saturated rings. The molecule has 0 heterocycles. The summed E-state index contributed by atoms with van der Waals surface area (Å²) in [5.41, 5.74) is 2.85. The van der Waals surface area contributed by atoms with Gasteiger partial charge >= 0.3 is 0 Å². The molecule has 78 valence electrons. The molecule has 15 heavy (non-hydrogen) atoms. The first-order chi connectivity index (χ1) is 7.42. The highest BCUT2D eigenvalue weighted by Crippen LogP contribution is 2.42. The maximum absolute atomic E-state index is 4.79. The van der Waals surface area contributed by atoms with E-state index in [4.69, 9.17) is 4.99 Å². The van der Waals surface area contributed by atoms with E-state index in [9.17, 15) is 0 Å². The van der Waals surface area contributed by atoms with Crippen LogP contribution in [0, 0.1) is 11.8 Å². The zero-order chi connectivity index (χ0) is 10.1. The lowest BCUT2D eigenvalue weighted by molar-refractivity contribution is 0.591. The molecule has 2 aliphatic rings. The molecule has 2 aliphatic carbocycles. The topological polar surface area (TPSA) is 12.4 Å². The van der Waals surface area contributed by atoms with Crippen molar-refractivity contribution in [2.45, 2.75) is 32.2 Å². The van der Waals surface area contributed by atoms with Gasteiger partial charge in [-0.3, -0.25) is 4.99 Å². The van der Waals surface area contributed by atoms with Crippen molar-refractivity contribution in [2.75, 3.05) is 0 Å². The van der Waals surface area contributed by atoms with E-state index in [2.05, 4.69) is 30.3 Å². The van der Waals surface area contributed by atoms with E-state index < -0.39 is 0 Å². The Bertz CT molecular complexity index is 366. The molecule has 0 radical (unpaired) electrons. The fourth-order valence-electron chi connectivity index (χ4n) is 3.00. The third-order valence-electron chi connectivity index (χ3n) is 3.82. The van der Waals surface area contributed by atoms with E-state index in [0.717, 1.165) is 18.4 Å². The van der Waals surface area contributed by atoms with Crippen molar-refractivity contribution in [3.8, 4) is 0 Å². The fraction of sp³-hybridized carbons (Fsp3) is 0.500. The van der Waals surface area contributed by atoms with Crippen LogP contribution >= 0.6 is 0 Å². The molecule has 0 aliphatic heterocycles. The molecule has 0 aromatic heterocycles. The highest BCUT2D eigenvalue weighted by Gasteiger charge is 2.36. The fourth-order valence-corrected chi connectivity index (χ4v) is 3.00. The Morgan fingerprint density at radius 2 is 2.00 bits per heavy atom. The Morgan fingerprint density at radius 3 is 2.67 bits per heavy atom. The molecule has 2 unspecified atom stereocenters. The number of rotatable bonds is 2. The molecule has 2 bridgehead atoms. The van der Waals surface area contributed by atoms with Crippen LogP contribution < -0.4 is 0 Å². The van der Waals surface area contributed by atoms with Crippen molar-refractivity contribution >= 4 is 5.71 Å². The Balaban J connectivity index is 1.69. The minimum atomic E-state index is 0.846. The van der Waals surface area contributed by atoms with E-state index in [-0.39, 0.29) is 0 Å². The van der Waals surface area contributed by atoms with Crippen LogP contribution in [0.2, 0.25) is 0 Å². The van der Waals surface area contributed by atoms with Crippen LogP contribution in [0.15, 0.2) is 35.3 Å². The first-order valence-electron chi connectivity index (χ1n) is 5.99. The number of benzene rings is 1. The Morgan fingerprint density at radius 1 is 1.13 bits per heavy atom. The Hall–Kier alpha value is -1.11. The Kier molecular flexibility index (Phi) is 2.32. The van der Waals surface area contributed by atoms with Gasteiger partial charge in [0.2, 0.25) is 0 Å². The summed E-state index contributed by atoms with van der Waals surface area (Å²) in [6, 6.07) is 10.6. The molecule has 1 aromatic rings. The normalized spacial score (nSPS) is 31.3. The third kappa shape index (κ3) is 1.83. The van der Waals surface area contributed by atoms with Crippen molar-refractivity contribution in [1.82, 2.24) is 0 Å². The van der Waals surface area contributed by atoms with Gasteiger partial charge in [0.25, 0.3) is 0 Å². The van der Waals surface area contributed by atoms with E-state index >= 15 is 0 Å². The molecule has 0 spiro atoms. The average molecular weight is 199 g/mol. The third-order valence-corrected chi connectivity index (χ3v) is 3.82. The SMILES string of the molecule is c1ccc(CN=C2CC3CCC2C3)cc1. The van der Waals surface area contributed by atoms with Crippen LogP contribution in [0.3, 0.4) is 0 Å². The van der Waals surface area contributed by atoms with Crippen molar-refractivity contribution < 1.29 is 0 Å². The molecule has 0 saturated heterocycles. The van der Waals surface area contributed by atoms with Gasteiger partial charge in [0.1, 0.15) is 0 Å². The van der Waals surface area contributed by atoms with Crippen LogP contribution in [-0.4, -0.2) is 5.71 Å². The zero-order valence-corrected chi connectivity index (χ0v) is 9.02. The van der Waals surface area contributed by atoms with Crippen LogP contribution in [0.1, 0.15) is 31.2 Å². The molecule has 1 nitrogen and oxygen atoms in total. The predicted molar refractivity (Wildman–Crippen MR) is 63.0 cm³/mol. The minimum absolute atomic E-state index is 0.846. The van der Waals surface area contributed by atoms with Crippen molar-refractivity contribution in [3.05, 3.63) is 35.9 Å². The number of hydrogen-bond donors (Lipinski definition) is 0. The molecule has 2 atom stereocenters. The first kappa shape index (κ1) is 9.14. The highest BCUT2D eigenvalue weighted by molar-refractivity contribution is 5.89. The second kappa shape index (κ2) is 3.80. The average Bonchev–Trinajstić information content (AvgIpc) is 2.89. The van der Waals surface area contributed by atoms with Gasteiger partial charge < -0.3 is 0 Å². The summed E-state index contributed by atoms with van der Waals surface area (Å²) in [6.45, 7) is 0.888. The number of fused-ring (bicyclic) bond motifs is 2. The van der Waals surface area contributed by atoms with E-state index in [1.165, 1.54) is 37.0 Å². The van der Waals surface area contributed by atoms with Crippen LogP contribution in [0.5, 0.6) is 0 Å². The molecule has 1 aromatic carbocycles. The van der Waals surface area contributed by atoms with E-state index in [0.29, 0.717) is 0 Å². The maximum atomic E-state index is 4.79. The zero-order valence-electron chi connectivity index (χ0n) is 9.02. The van der Waals surface area contributed by atoms with Gasteiger partial charge in [-0.1, -0.05) is 30.3 Å². The molecular formula is C14H17N. The van der Waals surface area contributed by atoms with E-state index in [1.54, 1.807) is 0 Å². The van der Waals surface area contributed by atoms with Crippen LogP contribution in [0.25, 0.3) is 0 Å².